The van der Waals surface area contributed by atoms with E-state index in [1.807, 2.05) is 0 Å². The van der Waals surface area contributed by atoms with Crippen LogP contribution in [-0.4, -0.2) is 12.0 Å². The van der Waals surface area contributed by atoms with Crippen molar-refractivity contribution in [3.05, 3.63) is 29.6 Å². The number of halogens is 3. The van der Waals surface area contributed by atoms with Gasteiger partial charge in [-0.25, -0.2) is 0 Å². The molecule has 1 heterocycles. The Hall–Kier alpha value is 0.641. The fourth-order valence-corrected chi connectivity index (χ4v) is 1.62. The molecular weight excluding hydrogens is 241 g/mol. The second-order valence-electron chi connectivity index (χ2n) is 4.51. The minimum atomic E-state index is -4.77. The van der Waals surface area contributed by atoms with E-state index in [-0.39, 0.29) is 62.5 Å². The van der Waals surface area contributed by atoms with Gasteiger partial charge in [-0.3, -0.25) is 4.98 Å². The van der Waals surface area contributed by atoms with Gasteiger partial charge in [0, 0.05) is 11.9 Å². The summed E-state index contributed by atoms with van der Waals surface area (Å²) in [4.78, 5) is 3.87. The number of rotatable bonds is 3. The maximum absolute atomic E-state index is 12.1. The summed E-state index contributed by atoms with van der Waals surface area (Å²) in [5, 5.41) is 0. The molecule has 1 aromatic heterocycles. The van der Waals surface area contributed by atoms with Crippen LogP contribution in [0.15, 0.2) is 18.3 Å². The van der Waals surface area contributed by atoms with E-state index in [1.165, 1.54) is 6.07 Å². The largest absolute Gasteiger partial charge is 1.00 e. The molecule has 0 saturated heterocycles. The van der Waals surface area contributed by atoms with Crippen molar-refractivity contribution in [2.24, 2.45) is 0 Å². The minimum Gasteiger partial charge on any atom is -0.449 e. The van der Waals surface area contributed by atoms with E-state index < -0.39 is 13.3 Å². The number of nitrogens with zero attached hydrogens (tertiary/aromatic N) is 1. The van der Waals surface area contributed by atoms with Gasteiger partial charge in [0.15, 0.2) is 0 Å². The fourth-order valence-electron chi connectivity index (χ4n) is 1.62. The second-order valence-corrected chi connectivity index (χ2v) is 4.51. The zero-order valence-corrected chi connectivity index (χ0v) is 12.6. The van der Waals surface area contributed by atoms with Gasteiger partial charge < -0.3 is 12.9 Å². The van der Waals surface area contributed by atoms with Crippen LogP contribution in [0.4, 0.5) is 12.9 Å². The summed E-state index contributed by atoms with van der Waals surface area (Å²) < 4.78 is 36.3. The minimum absolute atomic E-state index is 0. The predicted molar refractivity (Wildman–Crippen MR) is 53.6 cm³/mol. The van der Waals surface area contributed by atoms with E-state index in [0.29, 0.717) is 0 Å². The van der Waals surface area contributed by atoms with Crippen molar-refractivity contribution in [1.29, 1.82) is 0 Å². The van der Waals surface area contributed by atoms with Crippen molar-refractivity contribution >= 4 is 6.98 Å². The molecule has 82 valence electrons. The molecule has 0 atom stereocenters. The van der Waals surface area contributed by atoms with Gasteiger partial charge in [-0.1, -0.05) is 13.0 Å². The molecule has 1 nitrogen and oxygen atoms in total. The van der Waals surface area contributed by atoms with Gasteiger partial charge >= 0.3 is 58.4 Å². The molecule has 1 saturated carbocycles. The predicted octanol–water partition coefficient (Wildman–Crippen LogP) is 0.0662. The van der Waals surface area contributed by atoms with Crippen LogP contribution in [0.1, 0.15) is 31.0 Å². The molecule has 1 aromatic rings. The summed E-state index contributed by atoms with van der Waals surface area (Å²) in [5.74, 6) is 0. The number of hydrogen-bond donors (Lipinski definition) is 0. The first-order valence-corrected chi connectivity index (χ1v) is 5.05. The van der Waals surface area contributed by atoms with E-state index in [2.05, 4.69) is 11.9 Å². The summed E-state index contributed by atoms with van der Waals surface area (Å²) in [7, 11) is 0. The van der Waals surface area contributed by atoms with Crippen molar-refractivity contribution in [2.75, 3.05) is 0 Å². The van der Waals surface area contributed by atoms with E-state index in [9.17, 15) is 12.9 Å². The van der Waals surface area contributed by atoms with Crippen LogP contribution in [0.3, 0.4) is 0 Å². The number of pyridine rings is 1. The van der Waals surface area contributed by atoms with Gasteiger partial charge in [0.1, 0.15) is 0 Å². The van der Waals surface area contributed by atoms with Gasteiger partial charge in [-0.15, -0.1) is 0 Å². The summed E-state index contributed by atoms with van der Waals surface area (Å²) in [6.45, 7) is -2.66. The molecular formula is C10H12BF3KN. The summed E-state index contributed by atoms with van der Waals surface area (Å²) in [5.41, 5.74) is 1.35. The molecule has 16 heavy (non-hydrogen) atoms. The topological polar surface area (TPSA) is 12.9 Å². The van der Waals surface area contributed by atoms with Crippen LogP contribution in [0, 0.1) is 0 Å². The Bertz CT molecular complexity index is 359. The molecule has 1 aliphatic rings. The zero-order chi connectivity index (χ0) is 11.1. The average Bonchev–Trinajstić information content (AvgIpc) is 2.83. The molecule has 0 unspecified atom stereocenters. The Morgan fingerprint density at radius 1 is 1.31 bits per heavy atom. The SMILES string of the molecule is CC1(c2ccc(C[B-](F)(F)F)nc2)CC1.[K+]. The number of hydrogen-bond acceptors (Lipinski definition) is 1. The van der Waals surface area contributed by atoms with Crippen LogP contribution in [0.5, 0.6) is 0 Å². The van der Waals surface area contributed by atoms with Crippen molar-refractivity contribution in [3.8, 4) is 0 Å². The number of aromatic nitrogens is 1. The van der Waals surface area contributed by atoms with E-state index >= 15 is 0 Å². The monoisotopic (exact) mass is 253 g/mol. The molecule has 2 rings (SSSR count). The average molecular weight is 253 g/mol. The van der Waals surface area contributed by atoms with Crippen LogP contribution in [0.2, 0.25) is 0 Å². The Morgan fingerprint density at radius 2 is 1.94 bits per heavy atom. The smallest absolute Gasteiger partial charge is 0.449 e. The third-order valence-corrected chi connectivity index (χ3v) is 2.96. The molecule has 1 fully saturated rings. The third-order valence-electron chi connectivity index (χ3n) is 2.96. The molecule has 0 radical (unpaired) electrons. The normalized spacial score (nSPS) is 17.8. The Balaban J connectivity index is 0.00000128. The van der Waals surface area contributed by atoms with E-state index in [1.54, 1.807) is 12.3 Å². The van der Waals surface area contributed by atoms with Gasteiger partial charge in [0.2, 0.25) is 0 Å². The van der Waals surface area contributed by atoms with Crippen LogP contribution >= 0.6 is 0 Å². The summed E-state index contributed by atoms with van der Waals surface area (Å²) in [6, 6.07) is 3.27. The maximum Gasteiger partial charge on any atom is 1.00 e. The fraction of sp³-hybridized carbons (Fsp3) is 0.500. The first-order chi connectivity index (χ1) is 6.89. The quantitative estimate of drug-likeness (QED) is 0.694. The van der Waals surface area contributed by atoms with Crippen molar-refractivity contribution in [1.82, 2.24) is 4.98 Å². The van der Waals surface area contributed by atoms with Gasteiger partial charge in [0.05, 0.1) is 0 Å². The van der Waals surface area contributed by atoms with Crippen molar-refractivity contribution in [3.63, 3.8) is 0 Å². The Labute approximate surface area is 136 Å². The second kappa shape index (κ2) is 5.10. The molecule has 0 amide bonds. The van der Waals surface area contributed by atoms with Crippen molar-refractivity contribution in [2.45, 2.75) is 31.5 Å². The van der Waals surface area contributed by atoms with Gasteiger partial charge in [-0.2, -0.15) is 0 Å². The standard InChI is InChI=1S/C10H12BF3N.K/c1-10(4-5-10)8-2-3-9(15-7-8)6-11(12,13)14;/h2-3,7H,4-6H2,1H3;/q-1;+1. The maximum atomic E-state index is 12.1. The van der Waals surface area contributed by atoms with Crippen LogP contribution in [0.25, 0.3) is 0 Å². The van der Waals surface area contributed by atoms with Crippen LogP contribution in [-0.2, 0) is 11.7 Å². The first kappa shape index (κ1) is 14.7. The molecule has 0 aromatic carbocycles. The molecule has 0 spiro atoms. The molecule has 6 heteroatoms. The van der Waals surface area contributed by atoms with Gasteiger partial charge in [0.25, 0.3) is 0 Å². The van der Waals surface area contributed by atoms with Gasteiger partial charge in [-0.05, 0) is 36.2 Å². The van der Waals surface area contributed by atoms with Crippen molar-refractivity contribution < 1.29 is 64.3 Å². The summed E-state index contributed by atoms with van der Waals surface area (Å²) in [6.07, 6.45) is 2.93. The Kier molecular flexibility index (Phi) is 4.69. The summed E-state index contributed by atoms with van der Waals surface area (Å²) >= 11 is 0. The molecule has 0 bridgehead atoms. The zero-order valence-electron chi connectivity index (χ0n) is 9.51. The van der Waals surface area contributed by atoms with E-state index in [0.717, 1.165) is 18.4 Å². The van der Waals surface area contributed by atoms with Crippen LogP contribution < -0.4 is 51.4 Å². The molecule has 0 N–H and O–H groups in total. The molecule has 1 aliphatic carbocycles. The third kappa shape index (κ3) is 3.84. The van der Waals surface area contributed by atoms with E-state index in [4.69, 9.17) is 0 Å². The Morgan fingerprint density at radius 3 is 2.31 bits per heavy atom. The first-order valence-electron chi connectivity index (χ1n) is 5.05. The molecule has 0 aliphatic heterocycles.